The Bertz CT molecular complexity index is 405. The Hall–Kier alpha value is -0.940. The maximum atomic E-state index is 11.9. The molecular weight excluding hydrogens is 246 g/mol. The molecule has 0 aliphatic heterocycles. The minimum atomic E-state index is 0.114. The quantitative estimate of drug-likeness (QED) is 0.876. The first-order valence-corrected chi connectivity index (χ1v) is 7.40. The van der Waals surface area contributed by atoms with Crippen molar-refractivity contribution in [3.05, 3.63) is 16.1 Å². The van der Waals surface area contributed by atoms with Crippen molar-refractivity contribution in [3.63, 3.8) is 0 Å². The zero-order valence-electron chi connectivity index (χ0n) is 10.8. The topological polar surface area (TPSA) is 68.0 Å². The van der Waals surface area contributed by atoms with Crippen molar-refractivity contribution in [2.75, 3.05) is 0 Å². The number of hydrogen-bond acceptors (Lipinski definition) is 4. The summed E-state index contributed by atoms with van der Waals surface area (Å²) >= 11 is 1.63. The molecule has 2 unspecified atom stereocenters. The van der Waals surface area contributed by atoms with Gasteiger partial charge in [0.1, 0.15) is 0 Å². The number of aryl methyl sites for hydroxylation is 1. The number of aromatic nitrogens is 1. The highest BCUT2D eigenvalue weighted by molar-refractivity contribution is 7.11. The van der Waals surface area contributed by atoms with Gasteiger partial charge in [-0.1, -0.05) is 12.8 Å². The van der Waals surface area contributed by atoms with E-state index >= 15 is 0 Å². The zero-order valence-corrected chi connectivity index (χ0v) is 11.6. The number of carbonyl (C=O) groups excluding carboxylic acids is 1. The van der Waals surface area contributed by atoms with E-state index in [0.29, 0.717) is 18.9 Å². The molecule has 3 N–H and O–H groups in total. The van der Waals surface area contributed by atoms with Crippen LogP contribution in [0.25, 0.3) is 0 Å². The van der Waals surface area contributed by atoms with E-state index in [1.165, 1.54) is 12.8 Å². The van der Waals surface area contributed by atoms with Crippen molar-refractivity contribution in [2.24, 2.45) is 11.7 Å². The fourth-order valence-electron chi connectivity index (χ4n) is 2.47. The standard InChI is InChI=1S/C13H21N3OS/c1-9-15-7-11(18-9)8-16-13(17)6-10-4-2-3-5-12(10)14/h7,10,12H,2-6,8,14H2,1H3,(H,16,17). The first kappa shape index (κ1) is 13.5. The number of thiazole rings is 1. The average Bonchev–Trinajstić information content (AvgIpc) is 2.76. The molecule has 1 aromatic rings. The van der Waals surface area contributed by atoms with Crippen LogP contribution in [0.4, 0.5) is 0 Å². The molecule has 1 saturated carbocycles. The van der Waals surface area contributed by atoms with Crippen LogP contribution in [0.2, 0.25) is 0 Å². The van der Waals surface area contributed by atoms with E-state index in [9.17, 15) is 4.79 Å². The molecule has 1 aromatic heterocycles. The fourth-order valence-corrected chi connectivity index (χ4v) is 3.21. The van der Waals surface area contributed by atoms with E-state index in [0.717, 1.165) is 22.7 Å². The summed E-state index contributed by atoms with van der Waals surface area (Å²) < 4.78 is 0. The normalized spacial score (nSPS) is 23.9. The van der Waals surface area contributed by atoms with Crippen molar-refractivity contribution in [1.29, 1.82) is 0 Å². The van der Waals surface area contributed by atoms with Crippen molar-refractivity contribution < 1.29 is 4.79 Å². The molecule has 1 fully saturated rings. The van der Waals surface area contributed by atoms with Crippen LogP contribution in [0.3, 0.4) is 0 Å². The molecule has 1 amide bonds. The van der Waals surface area contributed by atoms with Gasteiger partial charge in [0.15, 0.2) is 0 Å². The summed E-state index contributed by atoms with van der Waals surface area (Å²) in [4.78, 5) is 17.1. The summed E-state index contributed by atoms with van der Waals surface area (Å²) in [6.07, 6.45) is 6.96. The molecule has 0 radical (unpaired) electrons. The van der Waals surface area contributed by atoms with Gasteiger partial charge in [0.05, 0.1) is 11.6 Å². The summed E-state index contributed by atoms with van der Waals surface area (Å²) in [7, 11) is 0. The van der Waals surface area contributed by atoms with Crippen LogP contribution in [0.5, 0.6) is 0 Å². The predicted octanol–water partition coefficient (Wildman–Crippen LogP) is 1.98. The molecular formula is C13H21N3OS. The Balaban J connectivity index is 1.74. The molecule has 2 atom stereocenters. The van der Waals surface area contributed by atoms with E-state index < -0.39 is 0 Å². The Morgan fingerprint density at radius 2 is 2.33 bits per heavy atom. The van der Waals surface area contributed by atoms with Gasteiger partial charge in [-0.15, -0.1) is 11.3 Å². The van der Waals surface area contributed by atoms with E-state index in [-0.39, 0.29) is 11.9 Å². The Labute approximate surface area is 112 Å². The molecule has 0 aromatic carbocycles. The second kappa shape index (κ2) is 6.29. The SMILES string of the molecule is Cc1ncc(CNC(=O)CC2CCCCC2N)s1. The third kappa shape index (κ3) is 3.78. The number of nitrogens with two attached hydrogens (primary N) is 1. The second-order valence-electron chi connectivity index (χ2n) is 5.03. The lowest BCUT2D eigenvalue weighted by atomic mass is 9.83. The largest absolute Gasteiger partial charge is 0.351 e. The number of amides is 1. The van der Waals surface area contributed by atoms with E-state index in [1.54, 1.807) is 11.3 Å². The van der Waals surface area contributed by atoms with Crippen molar-refractivity contribution in [2.45, 2.75) is 51.6 Å². The lowest BCUT2D eigenvalue weighted by Crippen LogP contribution is -2.36. The van der Waals surface area contributed by atoms with Gasteiger partial charge >= 0.3 is 0 Å². The third-order valence-corrected chi connectivity index (χ3v) is 4.46. The summed E-state index contributed by atoms with van der Waals surface area (Å²) in [5.41, 5.74) is 6.05. The second-order valence-corrected chi connectivity index (χ2v) is 6.35. The minimum absolute atomic E-state index is 0.114. The lowest BCUT2D eigenvalue weighted by molar-refractivity contribution is -0.122. The van der Waals surface area contributed by atoms with Crippen LogP contribution in [0.15, 0.2) is 6.20 Å². The predicted molar refractivity (Wildman–Crippen MR) is 73.2 cm³/mol. The van der Waals surface area contributed by atoms with E-state index in [4.69, 9.17) is 5.73 Å². The number of nitrogens with zero attached hydrogens (tertiary/aromatic N) is 1. The Morgan fingerprint density at radius 1 is 1.56 bits per heavy atom. The van der Waals surface area contributed by atoms with Gasteiger partial charge in [-0.3, -0.25) is 4.79 Å². The minimum Gasteiger partial charge on any atom is -0.351 e. The molecule has 0 bridgehead atoms. The van der Waals surface area contributed by atoms with Crippen molar-refractivity contribution in [1.82, 2.24) is 10.3 Å². The highest BCUT2D eigenvalue weighted by atomic mass is 32.1. The van der Waals surface area contributed by atoms with Gasteiger partial charge in [-0.05, 0) is 25.7 Å². The Kier molecular flexibility index (Phi) is 4.72. The molecule has 4 nitrogen and oxygen atoms in total. The summed E-state index contributed by atoms with van der Waals surface area (Å²) in [5, 5.41) is 3.99. The lowest BCUT2D eigenvalue weighted by Gasteiger charge is -2.27. The maximum Gasteiger partial charge on any atom is 0.220 e. The molecule has 2 rings (SSSR count). The zero-order chi connectivity index (χ0) is 13.0. The molecule has 0 saturated heterocycles. The summed E-state index contributed by atoms with van der Waals surface area (Å²) in [6, 6.07) is 0.204. The van der Waals surface area contributed by atoms with Crippen LogP contribution in [0, 0.1) is 12.8 Å². The first-order chi connectivity index (χ1) is 8.65. The van der Waals surface area contributed by atoms with Crippen molar-refractivity contribution in [3.8, 4) is 0 Å². The highest BCUT2D eigenvalue weighted by Crippen LogP contribution is 2.25. The monoisotopic (exact) mass is 267 g/mol. The molecule has 1 aliphatic carbocycles. The van der Waals surface area contributed by atoms with Crippen LogP contribution in [-0.2, 0) is 11.3 Å². The molecule has 1 aliphatic rings. The van der Waals surface area contributed by atoms with Gasteiger partial charge < -0.3 is 11.1 Å². The summed E-state index contributed by atoms with van der Waals surface area (Å²) in [5.74, 6) is 0.477. The third-order valence-electron chi connectivity index (χ3n) is 3.54. The van der Waals surface area contributed by atoms with Crippen LogP contribution < -0.4 is 11.1 Å². The van der Waals surface area contributed by atoms with Crippen molar-refractivity contribution >= 4 is 17.2 Å². The number of hydrogen-bond donors (Lipinski definition) is 2. The van der Waals surface area contributed by atoms with E-state index in [2.05, 4.69) is 10.3 Å². The van der Waals surface area contributed by atoms with Crippen LogP contribution >= 0.6 is 11.3 Å². The smallest absolute Gasteiger partial charge is 0.220 e. The van der Waals surface area contributed by atoms with Gasteiger partial charge in [0.25, 0.3) is 0 Å². The highest BCUT2D eigenvalue weighted by Gasteiger charge is 2.23. The fraction of sp³-hybridized carbons (Fsp3) is 0.692. The van der Waals surface area contributed by atoms with Gasteiger partial charge in [0, 0.05) is 23.5 Å². The maximum absolute atomic E-state index is 11.9. The number of nitrogens with one attached hydrogen (secondary N) is 1. The van der Waals surface area contributed by atoms with Crippen LogP contribution in [0.1, 0.15) is 42.0 Å². The van der Waals surface area contributed by atoms with E-state index in [1.807, 2.05) is 13.1 Å². The number of rotatable bonds is 4. The van der Waals surface area contributed by atoms with Crippen LogP contribution in [-0.4, -0.2) is 16.9 Å². The Morgan fingerprint density at radius 3 is 3.00 bits per heavy atom. The van der Waals surface area contributed by atoms with Gasteiger partial charge in [-0.2, -0.15) is 0 Å². The first-order valence-electron chi connectivity index (χ1n) is 6.58. The molecule has 1 heterocycles. The van der Waals surface area contributed by atoms with Gasteiger partial charge in [-0.25, -0.2) is 4.98 Å². The molecule has 18 heavy (non-hydrogen) atoms. The molecule has 5 heteroatoms. The summed E-state index contributed by atoms with van der Waals surface area (Å²) in [6.45, 7) is 2.56. The average molecular weight is 267 g/mol. The molecule has 100 valence electrons. The number of carbonyl (C=O) groups is 1. The van der Waals surface area contributed by atoms with Gasteiger partial charge in [0.2, 0.25) is 5.91 Å². The molecule has 0 spiro atoms.